The highest BCUT2D eigenvalue weighted by Gasteiger charge is 2.50. The first-order valence-electron chi connectivity index (χ1n) is 5.63. The van der Waals surface area contributed by atoms with Crippen LogP contribution in [0.3, 0.4) is 0 Å². The summed E-state index contributed by atoms with van der Waals surface area (Å²) in [6.45, 7) is 3.10. The number of carbonyl (C=O) groups excluding carboxylic acids is 2. The number of amides is 1. The van der Waals surface area contributed by atoms with Gasteiger partial charge in [-0.2, -0.15) is 0 Å². The van der Waals surface area contributed by atoms with Crippen LogP contribution in [0, 0.1) is 5.41 Å². The molecule has 0 saturated carbocycles. The quantitative estimate of drug-likeness (QED) is 0.778. The van der Waals surface area contributed by atoms with Crippen molar-refractivity contribution in [1.82, 2.24) is 0 Å². The minimum atomic E-state index is -3.77. The predicted molar refractivity (Wildman–Crippen MR) is 76.7 cm³/mol. The Morgan fingerprint density at radius 2 is 1.95 bits per heavy atom. The van der Waals surface area contributed by atoms with E-state index in [-0.39, 0.29) is 22.0 Å². The summed E-state index contributed by atoms with van der Waals surface area (Å²) in [6.07, 6.45) is 0. The molecule has 0 bridgehead atoms. The van der Waals surface area contributed by atoms with Gasteiger partial charge >= 0.3 is 0 Å². The summed E-state index contributed by atoms with van der Waals surface area (Å²) in [4.78, 5) is 23.4. The van der Waals surface area contributed by atoms with Crippen molar-refractivity contribution in [2.24, 2.45) is 5.41 Å². The van der Waals surface area contributed by atoms with E-state index in [1.807, 2.05) is 0 Å². The van der Waals surface area contributed by atoms with Gasteiger partial charge in [0.15, 0.2) is 0 Å². The van der Waals surface area contributed by atoms with Gasteiger partial charge in [0.2, 0.25) is 15.9 Å². The van der Waals surface area contributed by atoms with Crippen LogP contribution >= 0.6 is 23.2 Å². The van der Waals surface area contributed by atoms with Gasteiger partial charge in [0.1, 0.15) is 0 Å². The zero-order valence-electron chi connectivity index (χ0n) is 10.7. The molecule has 0 spiro atoms. The largest absolute Gasteiger partial charge is 0.276 e. The molecule has 1 aromatic carbocycles. The normalized spacial score (nSPS) is 20.2. The van der Waals surface area contributed by atoms with Gasteiger partial charge in [-0.15, -0.1) is 0 Å². The molecule has 1 fully saturated rings. The zero-order valence-corrected chi connectivity index (χ0v) is 13.0. The fourth-order valence-corrected chi connectivity index (χ4v) is 4.56. The van der Waals surface area contributed by atoms with Gasteiger partial charge in [0.25, 0.3) is 5.24 Å². The van der Waals surface area contributed by atoms with E-state index >= 15 is 0 Å². The van der Waals surface area contributed by atoms with Gasteiger partial charge in [-0.3, -0.25) is 9.59 Å². The Balaban J connectivity index is 2.60. The Morgan fingerprint density at radius 3 is 2.40 bits per heavy atom. The van der Waals surface area contributed by atoms with Crippen molar-refractivity contribution in [2.75, 3.05) is 10.1 Å². The number of anilines is 1. The van der Waals surface area contributed by atoms with Gasteiger partial charge < -0.3 is 0 Å². The maximum Gasteiger partial charge on any atom is 0.253 e. The van der Waals surface area contributed by atoms with Crippen molar-refractivity contribution in [3.8, 4) is 0 Å². The molecule has 0 radical (unpaired) electrons. The van der Waals surface area contributed by atoms with Crippen LogP contribution in [-0.4, -0.2) is 25.3 Å². The van der Waals surface area contributed by atoms with Crippen molar-refractivity contribution >= 4 is 50.1 Å². The van der Waals surface area contributed by atoms with Crippen LogP contribution in [0.25, 0.3) is 0 Å². The van der Waals surface area contributed by atoms with E-state index in [0.29, 0.717) is 4.31 Å². The topological polar surface area (TPSA) is 71.5 Å². The maximum atomic E-state index is 12.2. The molecule has 1 aromatic rings. The fourth-order valence-electron chi connectivity index (χ4n) is 2.05. The van der Waals surface area contributed by atoms with Crippen LogP contribution in [0.1, 0.15) is 24.2 Å². The van der Waals surface area contributed by atoms with Crippen molar-refractivity contribution in [2.45, 2.75) is 13.8 Å². The Bertz CT molecular complexity index is 712. The Labute approximate surface area is 126 Å². The number of hydrogen-bond donors (Lipinski definition) is 0. The molecule has 2 rings (SSSR count). The lowest BCUT2D eigenvalue weighted by Gasteiger charge is -2.18. The van der Waals surface area contributed by atoms with Crippen LogP contribution in [0.15, 0.2) is 18.2 Å². The van der Waals surface area contributed by atoms with Gasteiger partial charge in [0, 0.05) is 0 Å². The minimum Gasteiger partial charge on any atom is -0.276 e. The molecular formula is C12H11Cl2NO4S. The number of benzene rings is 1. The predicted octanol–water partition coefficient (Wildman–Crippen LogP) is 2.42. The van der Waals surface area contributed by atoms with E-state index < -0.39 is 26.6 Å². The molecule has 0 atom stereocenters. The van der Waals surface area contributed by atoms with E-state index in [2.05, 4.69) is 0 Å². The summed E-state index contributed by atoms with van der Waals surface area (Å²) in [7, 11) is -3.77. The Hall–Kier alpha value is -1.11. The summed E-state index contributed by atoms with van der Waals surface area (Å²) in [5.74, 6) is -0.834. The van der Waals surface area contributed by atoms with Gasteiger partial charge in [-0.25, -0.2) is 12.7 Å². The molecule has 1 amide bonds. The number of nitrogens with zero attached hydrogens (tertiary/aromatic N) is 1. The number of carbonyl (C=O) groups is 2. The summed E-state index contributed by atoms with van der Waals surface area (Å²) in [5.41, 5.74) is -0.989. The van der Waals surface area contributed by atoms with E-state index in [4.69, 9.17) is 23.2 Å². The Morgan fingerprint density at radius 1 is 1.35 bits per heavy atom. The highest BCUT2D eigenvalue weighted by Crippen LogP contribution is 2.37. The standard InChI is InChI=1S/C12H11Cl2NO4S/c1-12(2)6-20(18,19)15(11(12)17)7-3-4-9(13)8(5-7)10(14)16/h3-5H,6H2,1-2H3. The second-order valence-corrected chi connectivity index (χ2v) is 7.72. The van der Waals surface area contributed by atoms with Gasteiger partial charge in [0.05, 0.1) is 27.4 Å². The van der Waals surface area contributed by atoms with Crippen LogP contribution in [0.4, 0.5) is 5.69 Å². The van der Waals surface area contributed by atoms with Crippen LogP contribution in [-0.2, 0) is 14.8 Å². The first kappa shape index (κ1) is 15.3. The number of sulfonamides is 1. The first-order chi connectivity index (χ1) is 9.06. The average molecular weight is 336 g/mol. The molecule has 1 aliphatic rings. The number of rotatable bonds is 2. The molecule has 108 valence electrons. The van der Waals surface area contributed by atoms with Crippen LogP contribution < -0.4 is 4.31 Å². The number of halogens is 2. The van der Waals surface area contributed by atoms with E-state index in [1.54, 1.807) is 13.8 Å². The third-order valence-electron chi connectivity index (χ3n) is 2.98. The SMILES string of the molecule is CC1(C)CS(=O)(=O)N(c2ccc(Cl)c(C(=O)Cl)c2)C1=O. The van der Waals surface area contributed by atoms with Gasteiger partial charge in [-0.1, -0.05) is 11.6 Å². The van der Waals surface area contributed by atoms with Crippen LogP contribution in [0.5, 0.6) is 0 Å². The molecule has 0 aliphatic carbocycles. The van der Waals surface area contributed by atoms with Crippen molar-refractivity contribution in [1.29, 1.82) is 0 Å². The molecule has 20 heavy (non-hydrogen) atoms. The smallest absolute Gasteiger partial charge is 0.253 e. The molecular weight excluding hydrogens is 325 g/mol. The molecule has 0 N–H and O–H groups in total. The highest BCUT2D eigenvalue weighted by atomic mass is 35.5. The van der Waals surface area contributed by atoms with Crippen molar-refractivity contribution < 1.29 is 18.0 Å². The van der Waals surface area contributed by atoms with Crippen molar-refractivity contribution in [3.63, 3.8) is 0 Å². The van der Waals surface area contributed by atoms with Gasteiger partial charge in [-0.05, 0) is 43.6 Å². The van der Waals surface area contributed by atoms with E-state index in [1.165, 1.54) is 18.2 Å². The second-order valence-electron chi connectivity index (χ2n) is 5.15. The summed E-state index contributed by atoms with van der Waals surface area (Å²) in [6, 6.07) is 3.90. The number of hydrogen-bond acceptors (Lipinski definition) is 4. The van der Waals surface area contributed by atoms with E-state index in [0.717, 1.165) is 0 Å². The molecule has 0 unspecified atom stereocenters. The summed E-state index contributed by atoms with van der Waals surface area (Å²) < 4.78 is 24.9. The summed E-state index contributed by atoms with van der Waals surface area (Å²) >= 11 is 11.2. The van der Waals surface area contributed by atoms with E-state index in [9.17, 15) is 18.0 Å². The average Bonchev–Trinajstić information content (AvgIpc) is 2.44. The first-order valence-corrected chi connectivity index (χ1v) is 7.99. The van der Waals surface area contributed by atoms with Crippen LogP contribution in [0.2, 0.25) is 5.02 Å². The third-order valence-corrected chi connectivity index (χ3v) is 5.53. The third kappa shape index (κ3) is 2.43. The lowest BCUT2D eigenvalue weighted by atomic mass is 9.95. The maximum absolute atomic E-state index is 12.2. The monoisotopic (exact) mass is 335 g/mol. The highest BCUT2D eigenvalue weighted by molar-refractivity contribution is 7.94. The fraction of sp³-hybridized carbons (Fsp3) is 0.333. The summed E-state index contributed by atoms with van der Waals surface area (Å²) in [5, 5.41) is -0.725. The minimum absolute atomic E-state index is 0.0430. The molecule has 1 heterocycles. The lowest BCUT2D eigenvalue weighted by Crippen LogP contribution is -2.33. The molecule has 0 aromatic heterocycles. The molecule has 5 nitrogen and oxygen atoms in total. The zero-order chi connectivity index (χ0) is 15.3. The molecule has 1 saturated heterocycles. The van der Waals surface area contributed by atoms with Crippen molar-refractivity contribution in [3.05, 3.63) is 28.8 Å². The Kier molecular flexibility index (Phi) is 3.60. The molecule has 1 aliphatic heterocycles. The molecule has 8 heteroatoms. The second kappa shape index (κ2) is 4.72. The lowest BCUT2D eigenvalue weighted by molar-refractivity contribution is -0.123.